The van der Waals surface area contributed by atoms with Crippen molar-refractivity contribution in [1.29, 1.82) is 0 Å². The van der Waals surface area contributed by atoms with Crippen molar-refractivity contribution in [2.24, 2.45) is 0 Å². The van der Waals surface area contributed by atoms with Gasteiger partial charge in [0.2, 0.25) is 0 Å². The molecule has 0 aromatic heterocycles. The molecule has 0 aliphatic rings. The zero-order chi connectivity index (χ0) is 13.8. The smallest absolute Gasteiger partial charge is 0.196 e. The second kappa shape index (κ2) is 5.44. The quantitative estimate of drug-likeness (QED) is 0.827. The first-order valence-electron chi connectivity index (χ1n) is 5.92. The fourth-order valence-electron chi connectivity index (χ4n) is 1.77. The fourth-order valence-corrected chi connectivity index (χ4v) is 1.77. The lowest BCUT2D eigenvalue weighted by Gasteiger charge is -2.11. The van der Waals surface area contributed by atoms with E-state index in [9.17, 15) is 15.0 Å². The molecule has 0 heterocycles. The first kappa shape index (κ1) is 13.0. The van der Waals surface area contributed by atoms with Crippen LogP contribution in [0.25, 0.3) is 0 Å². The van der Waals surface area contributed by atoms with E-state index in [1.807, 2.05) is 0 Å². The first-order chi connectivity index (χ1) is 9.13. The minimum Gasteiger partial charge on any atom is -0.508 e. The predicted molar refractivity (Wildman–Crippen MR) is 70.8 cm³/mol. The zero-order valence-corrected chi connectivity index (χ0v) is 10.5. The largest absolute Gasteiger partial charge is 0.508 e. The maximum atomic E-state index is 12.3. The van der Waals surface area contributed by atoms with Gasteiger partial charge in [-0.3, -0.25) is 4.79 Å². The summed E-state index contributed by atoms with van der Waals surface area (Å²) >= 11 is 0. The van der Waals surface area contributed by atoms with Gasteiger partial charge in [0, 0.05) is 5.56 Å². The van der Waals surface area contributed by atoms with Crippen LogP contribution in [0.3, 0.4) is 0 Å². The lowest BCUT2D eigenvalue weighted by atomic mass is 10.0. The van der Waals surface area contributed by atoms with Gasteiger partial charge in [0.15, 0.2) is 17.3 Å². The molecule has 0 bridgehead atoms. The van der Waals surface area contributed by atoms with Crippen molar-refractivity contribution in [3.05, 3.63) is 53.6 Å². The number of ether oxygens (including phenoxy) is 1. The minimum absolute atomic E-state index is 0.0634. The van der Waals surface area contributed by atoms with Crippen LogP contribution in [0.1, 0.15) is 22.8 Å². The van der Waals surface area contributed by atoms with E-state index in [4.69, 9.17) is 4.74 Å². The summed E-state index contributed by atoms with van der Waals surface area (Å²) in [5.74, 6) is -0.0496. The van der Waals surface area contributed by atoms with Gasteiger partial charge < -0.3 is 14.9 Å². The van der Waals surface area contributed by atoms with Crippen LogP contribution in [-0.2, 0) is 0 Å². The first-order valence-corrected chi connectivity index (χ1v) is 5.92. The summed E-state index contributed by atoms with van der Waals surface area (Å²) in [5, 5.41) is 19.0. The van der Waals surface area contributed by atoms with Gasteiger partial charge >= 0.3 is 0 Å². The number of hydrogen-bond donors (Lipinski definition) is 2. The molecule has 2 aromatic rings. The van der Waals surface area contributed by atoms with Crippen LogP contribution in [0.15, 0.2) is 42.5 Å². The number of carbonyl (C=O) groups excluding carboxylic acids is 1. The van der Waals surface area contributed by atoms with E-state index in [0.29, 0.717) is 17.7 Å². The van der Waals surface area contributed by atoms with Crippen molar-refractivity contribution >= 4 is 5.78 Å². The number of carbonyl (C=O) groups is 1. The molecule has 0 saturated heterocycles. The van der Waals surface area contributed by atoms with Crippen LogP contribution in [0.5, 0.6) is 17.2 Å². The summed E-state index contributed by atoms with van der Waals surface area (Å²) < 4.78 is 5.31. The van der Waals surface area contributed by atoms with Gasteiger partial charge in [0.25, 0.3) is 0 Å². The summed E-state index contributed by atoms with van der Waals surface area (Å²) in [7, 11) is 0. The van der Waals surface area contributed by atoms with Gasteiger partial charge in [0.1, 0.15) is 5.75 Å². The molecule has 2 rings (SSSR count). The van der Waals surface area contributed by atoms with Gasteiger partial charge in [0.05, 0.1) is 12.2 Å². The standard InChI is InChI=1S/C15H14O4/c1-2-19-15-12(4-3-5-13(15)17)14(18)10-6-8-11(16)9-7-10/h3-9,16-17H,2H2,1H3. The van der Waals surface area contributed by atoms with E-state index >= 15 is 0 Å². The SMILES string of the molecule is CCOc1c(O)cccc1C(=O)c1ccc(O)cc1. The molecule has 0 aliphatic carbocycles. The van der Waals surface area contributed by atoms with E-state index < -0.39 is 0 Å². The van der Waals surface area contributed by atoms with E-state index in [0.717, 1.165) is 0 Å². The monoisotopic (exact) mass is 258 g/mol. The van der Waals surface area contributed by atoms with Gasteiger partial charge in [-0.1, -0.05) is 6.07 Å². The summed E-state index contributed by atoms with van der Waals surface area (Å²) in [5.41, 5.74) is 0.719. The highest BCUT2D eigenvalue weighted by atomic mass is 16.5. The number of hydrogen-bond acceptors (Lipinski definition) is 4. The predicted octanol–water partition coefficient (Wildman–Crippen LogP) is 2.73. The van der Waals surface area contributed by atoms with E-state index in [-0.39, 0.29) is 23.0 Å². The molecule has 0 aliphatic heterocycles. The highest BCUT2D eigenvalue weighted by Crippen LogP contribution is 2.31. The number of rotatable bonds is 4. The molecule has 2 aromatic carbocycles. The molecule has 0 saturated carbocycles. The Morgan fingerprint density at radius 3 is 2.42 bits per heavy atom. The number of phenols is 2. The Bertz CT molecular complexity index is 588. The van der Waals surface area contributed by atoms with Crippen molar-refractivity contribution < 1.29 is 19.7 Å². The maximum Gasteiger partial charge on any atom is 0.196 e. The van der Waals surface area contributed by atoms with Crippen LogP contribution in [0.4, 0.5) is 0 Å². The lowest BCUT2D eigenvalue weighted by molar-refractivity contribution is 0.103. The number of ketones is 1. The maximum absolute atomic E-state index is 12.3. The van der Waals surface area contributed by atoms with E-state index in [1.165, 1.54) is 30.3 Å². The van der Waals surface area contributed by atoms with Crippen LogP contribution >= 0.6 is 0 Å². The van der Waals surface area contributed by atoms with Crippen LogP contribution in [-0.4, -0.2) is 22.6 Å². The van der Waals surface area contributed by atoms with Crippen molar-refractivity contribution in [3.8, 4) is 17.2 Å². The third-order valence-corrected chi connectivity index (χ3v) is 2.66. The number of phenolic OH excluding ortho intramolecular Hbond substituents is 2. The van der Waals surface area contributed by atoms with Crippen molar-refractivity contribution in [2.75, 3.05) is 6.61 Å². The molecule has 0 atom stereocenters. The molecular weight excluding hydrogens is 244 g/mol. The second-order valence-electron chi connectivity index (χ2n) is 3.96. The van der Waals surface area contributed by atoms with Crippen LogP contribution in [0.2, 0.25) is 0 Å². The molecule has 19 heavy (non-hydrogen) atoms. The molecule has 0 spiro atoms. The van der Waals surface area contributed by atoms with Crippen LogP contribution in [0, 0.1) is 0 Å². The Morgan fingerprint density at radius 1 is 1.11 bits per heavy atom. The Hall–Kier alpha value is -2.49. The molecule has 0 amide bonds. The van der Waals surface area contributed by atoms with Gasteiger partial charge in [-0.25, -0.2) is 0 Å². The summed E-state index contributed by atoms with van der Waals surface area (Å²) in [6.45, 7) is 2.13. The van der Waals surface area contributed by atoms with Crippen LogP contribution < -0.4 is 4.74 Å². The second-order valence-corrected chi connectivity index (χ2v) is 3.96. The Morgan fingerprint density at radius 2 is 1.79 bits per heavy atom. The van der Waals surface area contributed by atoms with Gasteiger partial charge in [-0.05, 0) is 43.3 Å². The number of aromatic hydroxyl groups is 2. The zero-order valence-electron chi connectivity index (χ0n) is 10.5. The van der Waals surface area contributed by atoms with E-state index in [2.05, 4.69) is 0 Å². The molecule has 98 valence electrons. The number of para-hydroxylation sites is 1. The fraction of sp³-hybridized carbons (Fsp3) is 0.133. The van der Waals surface area contributed by atoms with Gasteiger partial charge in [-0.2, -0.15) is 0 Å². The topological polar surface area (TPSA) is 66.8 Å². The normalized spacial score (nSPS) is 10.2. The Balaban J connectivity index is 2.43. The molecule has 4 nitrogen and oxygen atoms in total. The number of benzene rings is 2. The molecule has 0 unspecified atom stereocenters. The Labute approximate surface area is 110 Å². The molecule has 4 heteroatoms. The van der Waals surface area contributed by atoms with Crippen molar-refractivity contribution in [2.45, 2.75) is 6.92 Å². The summed E-state index contributed by atoms with van der Waals surface area (Å²) in [6, 6.07) is 10.6. The summed E-state index contributed by atoms with van der Waals surface area (Å²) in [6.07, 6.45) is 0. The third kappa shape index (κ3) is 2.68. The average molecular weight is 258 g/mol. The molecular formula is C15H14O4. The van der Waals surface area contributed by atoms with Gasteiger partial charge in [-0.15, -0.1) is 0 Å². The third-order valence-electron chi connectivity index (χ3n) is 2.66. The highest BCUT2D eigenvalue weighted by Gasteiger charge is 2.17. The molecule has 2 N–H and O–H groups in total. The summed E-state index contributed by atoms with van der Waals surface area (Å²) in [4.78, 5) is 12.3. The highest BCUT2D eigenvalue weighted by molar-refractivity contribution is 6.11. The van der Waals surface area contributed by atoms with E-state index in [1.54, 1.807) is 19.1 Å². The lowest BCUT2D eigenvalue weighted by Crippen LogP contribution is -2.05. The van der Waals surface area contributed by atoms with Crippen molar-refractivity contribution in [3.63, 3.8) is 0 Å². The average Bonchev–Trinajstić information content (AvgIpc) is 2.41. The molecule has 0 fully saturated rings. The molecule has 0 radical (unpaired) electrons. The van der Waals surface area contributed by atoms with Crippen molar-refractivity contribution in [1.82, 2.24) is 0 Å². The minimum atomic E-state index is -0.264. The Kier molecular flexibility index (Phi) is 3.71.